The highest BCUT2D eigenvalue weighted by Gasteiger charge is 2.12. The van der Waals surface area contributed by atoms with Crippen LogP contribution in [0.25, 0.3) is 0 Å². The molecule has 0 aliphatic rings. The number of Topliss-reactive ketones (excluding diaryl/α,β-unsaturated/α-hetero) is 1. The highest BCUT2D eigenvalue weighted by atomic mass is 32.1. The second kappa shape index (κ2) is 5.25. The minimum Gasteiger partial charge on any atom is -0.461 e. The van der Waals surface area contributed by atoms with Crippen LogP contribution in [0.3, 0.4) is 0 Å². The molecule has 90 valence electrons. The number of hydrogen-bond acceptors (Lipinski definition) is 5. The molecule has 0 aliphatic heterocycles. The Kier molecular flexibility index (Phi) is 3.71. The first kappa shape index (κ1) is 12.0. The van der Waals surface area contributed by atoms with Gasteiger partial charge in [0, 0.05) is 11.9 Å². The molecule has 0 radical (unpaired) electrons. The van der Waals surface area contributed by atoms with Crippen molar-refractivity contribution in [1.29, 1.82) is 0 Å². The molecule has 0 atom stereocenters. The quantitative estimate of drug-likeness (QED) is 0.764. The fraction of sp³-hybridized carbons (Fsp3) is 0.333. The first-order chi connectivity index (χ1) is 8.15. The number of thiazole rings is 1. The molecule has 0 aromatic carbocycles. The Morgan fingerprint density at radius 3 is 3.00 bits per heavy atom. The highest BCUT2D eigenvalue weighted by molar-refractivity contribution is 7.09. The molecule has 0 aliphatic carbocycles. The van der Waals surface area contributed by atoms with Gasteiger partial charge in [0.15, 0.2) is 5.76 Å². The summed E-state index contributed by atoms with van der Waals surface area (Å²) in [6, 6.07) is 3.40. The third kappa shape index (κ3) is 3.25. The number of carbonyl (C=O) groups is 1. The van der Waals surface area contributed by atoms with Gasteiger partial charge in [-0.05, 0) is 26.1 Å². The van der Waals surface area contributed by atoms with E-state index in [9.17, 15) is 4.79 Å². The summed E-state index contributed by atoms with van der Waals surface area (Å²) in [5.74, 6) is 0.399. The lowest BCUT2D eigenvalue weighted by Crippen LogP contribution is -2.25. The van der Waals surface area contributed by atoms with Crippen LogP contribution >= 0.6 is 11.3 Å². The lowest BCUT2D eigenvalue weighted by molar-refractivity contribution is 0.0915. The van der Waals surface area contributed by atoms with E-state index in [1.165, 1.54) is 6.26 Å². The van der Waals surface area contributed by atoms with Gasteiger partial charge < -0.3 is 4.42 Å². The van der Waals surface area contributed by atoms with E-state index in [0.29, 0.717) is 18.8 Å². The molecule has 2 aromatic heterocycles. The molecular formula is C12H14N2O2S. The van der Waals surface area contributed by atoms with Crippen molar-refractivity contribution in [2.75, 3.05) is 13.6 Å². The first-order valence-electron chi connectivity index (χ1n) is 5.31. The Morgan fingerprint density at radius 1 is 1.59 bits per heavy atom. The lowest BCUT2D eigenvalue weighted by atomic mass is 10.3. The maximum absolute atomic E-state index is 11.8. The number of aryl methyl sites for hydroxylation is 1. The monoisotopic (exact) mass is 250 g/mol. The zero-order chi connectivity index (χ0) is 12.3. The van der Waals surface area contributed by atoms with Crippen molar-refractivity contribution in [2.24, 2.45) is 0 Å². The molecule has 17 heavy (non-hydrogen) atoms. The average molecular weight is 250 g/mol. The van der Waals surface area contributed by atoms with Crippen LogP contribution in [0.2, 0.25) is 0 Å². The third-order valence-electron chi connectivity index (χ3n) is 2.31. The largest absolute Gasteiger partial charge is 0.461 e. The zero-order valence-electron chi connectivity index (χ0n) is 9.84. The van der Waals surface area contributed by atoms with Crippen LogP contribution in [0.15, 0.2) is 28.2 Å². The van der Waals surface area contributed by atoms with Gasteiger partial charge in [0.05, 0.1) is 23.5 Å². The zero-order valence-corrected chi connectivity index (χ0v) is 10.7. The predicted molar refractivity (Wildman–Crippen MR) is 66.2 cm³/mol. The third-order valence-corrected chi connectivity index (χ3v) is 3.13. The van der Waals surface area contributed by atoms with E-state index in [2.05, 4.69) is 4.98 Å². The number of furan rings is 1. The second-order valence-electron chi connectivity index (χ2n) is 3.93. The number of rotatable bonds is 5. The van der Waals surface area contributed by atoms with E-state index < -0.39 is 0 Å². The summed E-state index contributed by atoms with van der Waals surface area (Å²) in [7, 11) is 1.90. The van der Waals surface area contributed by atoms with Crippen molar-refractivity contribution < 1.29 is 9.21 Å². The van der Waals surface area contributed by atoms with E-state index in [4.69, 9.17) is 4.42 Å². The molecule has 2 aromatic rings. The fourth-order valence-electron chi connectivity index (χ4n) is 1.57. The normalized spacial score (nSPS) is 11.0. The molecule has 0 fully saturated rings. The van der Waals surface area contributed by atoms with Crippen molar-refractivity contribution in [2.45, 2.75) is 13.5 Å². The maximum atomic E-state index is 11.8. The van der Waals surface area contributed by atoms with Gasteiger partial charge >= 0.3 is 0 Å². The van der Waals surface area contributed by atoms with Crippen molar-refractivity contribution >= 4 is 17.1 Å². The minimum absolute atomic E-state index is 0.00977. The van der Waals surface area contributed by atoms with Crippen LogP contribution in [0.5, 0.6) is 0 Å². The van der Waals surface area contributed by atoms with Crippen molar-refractivity contribution in [3.63, 3.8) is 0 Å². The second-order valence-corrected chi connectivity index (χ2v) is 4.99. The molecule has 2 heterocycles. The van der Waals surface area contributed by atoms with E-state index in [0.717, 1.165) is 10.7 Å². The van der Waals surface area contributed by atoms with Gasteiger partial charge in [0.1, 0.15) is 0 Å². The summed E-state index contributed by atoms with van der Waals surface area (Å²) < 4.78 is 5.06. The Hall–Kier alpha value is -1.46. The van der Waals surface area contributed by atoms with E-state index in [1.807, 2.05) is 24.3 Å². The molecule has 0 amide bonds. The Bertz CT molecular complexity index is 490. The number of aromatic nitrogens is 1. The molecular weight excluding hydrogens is 236 g/mol. The van der Waals surface area contributed by atoms with Crippen LogP contribution in [0.1, 0.15) is 21.3 Å². The Morgan fingerprint density at radius 2 is 2.41 bits per heavy atom. The van der Waals surface area contributed by atoms with Crippen molar-refractivity contribution in [1.82, 2.24) is 9.88 Å². The van der Waals surface area contributed by atoms with Gasteiger partial charge in [-0.25, -0.2) is 4.98 Å². The maximum Gasteiger partial charge on any atom is 0.211 e. The topological polar surface area (TPSA) is 46.3 Å². The Labute approximate surface area is 104 Å². The fourth-order valence-corrected chi connectivity index (χ4v) is 2.18. The van der Waals surface area contributed by atoms with Crippen LogP contribution < -0.4 is 0 Å². The summed E-state index contributed by atoms with van der Waals surface area (Å²) >= 11 is 1.62. The van der Waals surface area contributed by atoms with Crippen LogP contribution in [-0.4, -0.2) is 29.3 Å². The van der Waals surface area contributed by atoms with Gasteiger partial charge in [0.25, 0.3) is 0 Å². The lowest BCUT2D eigenvalue weighted by Gasteiger charge is -2.13. The summed E-state index contributed by atoms with van der Waals surface area (Å²) in [6.07, 6.45) is 1.51. The molecule has 0 saturated carbocycles. The summed E-state index contributed by atoms with van der Waals surface area (Å²) in [4.78, 5) is 18.1. The SMILES string of the molecule is Cc1nc(CN(C)CC(=O)c2ccco2)cs1. The van der Waals surface area contributed by atoms with Crippen molar-refractivity contribution in [3.05, 3.63) is 40.2 Å². The van der Waals surface area contributed by atoms with Crippen LogP contribution in [0.4, 0.5) is 0 Å². The molecule has 5 heteroatoms. The van der Waals surface area contributed by atoms with E-state index in [1.54, 1.807) is 23.5 Å². The molecule has 0 N–H and O–H groups in total. The van der Waals surface area contributed by atoms with Gasteiger partial charge in [-0.1, -0.05) is 0 Å². The number of carbonyl (C=O) groups excluding carboxylic acids is 1. The van der Waals surface area contributed by atoms with Gasteiger partial charge in [-0.15, -0.1) is 11.3 Å². The van der Waals surface area contributed by atoms with Crippen molar-refractivity contribution in [3.8, 4) is 0 Å². The first-order valence-corrected chi connectivity index (χ1v) is 6.19. The van der Waals surface area contributed by atoms with Crippen LogP contribution in [0, 0.1) is 6.92 Å². The van der Waals surface area contributed by atoms with Gasteiger partial charge in [-0.3, -0.25) is 9.69 Å². The van der Waals surface area contributed by atoms with Crippen LogP contribution in [-0.2, 0) is 6.54 Å². The molecule has 0 bridgehead atoms. The minimum atomic E-state index is -0.00977. The summed E-state index contributed by atoms with van der Waals surface area (Å²) in [6.45, 7) is 2.99. The van der Waals surface area contributed by atoms with E-state index >= 15 is 0 Å². The average Bonchev–Trinajstić information content (AvgIpc) is 2.89. The highest BCUT2D eigenvalue weighted by Crippen LogP contribution is 2.10. The van der Waals surface area contributed by atoms with Gasteiger partial charge in [0.2, 0.25) is 5.78 Å². The molecule has 2 rings (SSSR count). The number of ketones is 1. The number of likely N-dealkylation sites (N-methyl/N-ethyl adjacent to an activating group) is 1. The number of nitrogens with zero attached hydrogens (tertiary/aromatic N) is 2. The molecule has 0 spiro atoms. The summed E-state index contributed by atoms with van der Waals surface area (Å²) in [5.41, 5.74) is 1.00. The van der Waals surface area contributed by atoms with E-state index in [-0.39, 0.29) is 5.78 Å². The standard InChI is InChI=1S/C12H14N2O2S/c1-9-13-10(8-17-9)6-14(2)7-11(15)12-4-3-5-16-12/h3-5,8H,6-7H2,1-2H3. The predicted octanol–water partition coefficient (Wildman–Crippen LogP) is 2.36. The number of hydrogen-bond donors (Lipinski definition) is 0. The molecule has 0 saturated heterocycles. The summed E-state index contributed by atoms with van der Waals surface area (Å²) in [5, 5.41) is 3.06. The Balaban J connectivity index is 1.89. The molecule has 0 unspecified atom stereocenters. The molecule has 4 nitrogen and oxygen atoms in total. The smallest absolute Gasteiger partial charge is 0.211 e. The van der Waals surface area contributed by atoms with Gasteiger partial charge in [-0.2, -0.15) is 0 Å².